The van der Waals surface area contributed by atoms with Crippen molar-refractivity contribution in [2.45, 2.75) is 59.0 Å². The molecule has 1 aliphatic rings. The Hall–Kier alpha value is -1.14. The molecule has 1 rings (SSSR count). The van der Waals surface area contributed by atoms with Gasteiger partial charge in [0.1, 0.15) is 6.04 Å². The molecule has 1 heterocycles. The molecule has 0 spiro atoms. The molecule has 1 aliphatic heterocycles. The molecule has 0 bridgehead atoms. The summed E-state index contributed by atoms with van der Waals surface area (Å²) in [6.07, 6.45) is 2.07. The van der Waals surface area contributed by atoms with Crippen LogP contribution in [0.4, 0.5) is 0 Å². The lowest BCUT2D eigenvalue weighted by Gasteiger charge is -2.42. The number of hydrogen-bond donors (Lipinski definition) is 1. The highest BCUT2D eigenvalue weighted by Crippen LogP contribution is 2.18. The van der Waals surface area contributed by atoms with E-state index in [-0.39, 0.29) is 11.8 Å². The molecule has 128 valence electrons. The van der Waals surface area contributed by atoms with E-state index in [1.165, 1.54) is 0 Å². The van der Waals surface area contributed by atoms with Crippen molar-refractivity contribution >= 4 is 11.9 Å². The van der Waals surface area contributed by atoms with E-state index in [4.69, 9.17) is 4.74 Å². The van der Waals surface area contributed by atoms with Crippen molar-refractivity contribution in [1.29, 1.82) is 0 Å². The predicted octanol–water partition coefficient (Wildman–Crippen LogP) is 1.79. The summed E-state index contributed by atoms with van der Waals surface area (Å²) in [5.74, 6) is -1.13. The minimum atomic E-state index is -0.930. The molecule has 1 unspecified atom stereocenters. The van der Waals surface area contributed by atoms with Gasteiger partial charge >= 0.3 is 5.97 Å². The summed E-state index contributed by atoms with van der Waals surface area (Å²) < 4.78 is 5.25. The van der Waals surface area contributed by atoms with Gasteiger partial charge in [0.15, 0.2) is 0 Å². The Labute approximate surface area is 133 Å². The number of rotatable bonds is 10. The summed E-state index contributed by atoms with van der Waals surface area (Å²) in [5, 5.41) is 9.55. The summed E-state index contributed by atoms with van der Waals surface area (Å²) in [4.78, 5) is 27.8. The van der Waals surface area contributed by atoms with Crippen LogP contribution in [0, 0.1) is 5.92 Å². The molecular weight excluding hydrogens is 284 g/mol. The van der Waals surface area contributed by atoms with E-state index >= 15 is 0 Å². The molecule has 0 aromatic carbocycles. The van der Waals surface area contributed by atoms with Crippen LogP contribution in [0.5, 0.6) is 0 Å². The standard InChI is InChI=1S/C16H30N2O4/c1-5-7-14(19)18(15(12(3)4)16(20)21)11-17(8-6-2)13-9-22-10-13/h12-13,15H,5-11H2,1-4H3,(H,20,21). The van der Waals surface area contributed by atoms with Gasteiger partial charge in [-0.05, 0) is 18.8 Å². The van der Waals surface area contributed by atoms with Gasteiger partial charge in [0.25, 0.3) is 0 Å². The first-order chi connectivity index (χ1) is 10.4. The fraction of sp³-hybridized carbons (Fsp3) is 0.875. The van der Waals surface area contributed by atoms with Gasteiger partial charge in [0, 0.05) is 13.0 Å². The van der Waals surface area contributed by atoms with Crippen molar-refractivity contribution < 1.29 is 19.4 Å². The second-order valence-corrected chi connectivity index (χ2v) is 6.29. The number of carbonyl (C=O) groups excluding carboxylic acids is 1. The van der Waals surface area contributed by atoms with E-state index in [1.54, 1.807) is 4.90 Å². The molecule has 6 nitrogen and oxygen atoms in total. The smallest absolute Gasteiger partial charge is 0.326 e. The second kappa shape index (κ2) is 9.10. The number of aliphatic carboxylic acids is 1. The summed E-state index contributed by atoms with van der Waals surface area (Å²) >= 11 is 0. The maximum Gasteiger partial charge on any atom is 0.326 e. The normalized spacial score (nSPS) is 16.6. The highest BCUT2D eigenvalue weighted by molar-refractivity contribution is 5.83. The van der Waals surface area contributed by atoms with Crippen LogP contribution in [0.3, 0.4) is 0 Å². The molecule has 1 atom stereocenters. The highest BCUT2D eigenvalue weighted by Gasteiger charge is 2.35. The van der Waals surface area contributed by atoms with Crippen LogP contribution >= 0.6 is 0 Å². The third-order valence-corrected chi connectivity index (χ3v) is 3.99. The van der Waals surface area contributed by atoms with Crippen LogP contribution in [-0.4, -0.2) is 65.3 Å². The van der Waals surface area contributed by atoms with Crippen molar-refractivity contribution in [2.75, 3.05) is 26.4 Å². The minimum Gasteiger partial charge on any atom is -0.480 e. The first-order valence-electron chi connectivity index (χ1n) is 8.26. The number of hydrogen-bond acceptors (Lipinski definition) is 4. The lowest BCUT2D eigenvalue weighted by atomic mass is 10.0. The van der Waals surface area contributed by atoms with Crippen LogP contribution in [0.25, 0.3) is 0 Å². The first-order valence-corrected chi connectivity index (χ1v) is 8.26. The third-order valence-electron chi connectivity index (χ3n) is 3.99. The summed E-state index contributed by atoms with van der Waals surface area (Å²) in [6, 6.07) is -0.488. The van der Waals surface area contributed by atoms with Crippen molar-refractivity contribution in [1.82, 2.24) is 9.80 Å². The fourth-order valence-electron chi connectivity index (χ4n) is 2.74. The SMILES string of the molecule is CCCC(=O)N(CN(CCC)C1COC1)C(C(=O)O)C(C)C. The Morgan fingerprint density at radius 1 is 1.23 bits per heavy atom. The zero-order valence-electron chi connectivity index (χ0n) is 14.2. The summed E-state index contributed by atoms with van der Waals surface area (Å²) in [5.41, 5.74) is 0. The average molecular weight is 314 g/mol. The van der Waals surface area contributed by atoms with Crippen molar-refractivity contribution in [3.05, 3.63) is 0 Å². The average Bonchev–Trinajstić information content (AvgIpc) is 2.35. The number of nitrogens with zero attached hydrogens (tertiary/aromatic N) is 2. The monoisotopic (exact) mass is 314 g/mol. The van der Waals surface area contributed by atoms with E-state index in [9.17, 15) is 14.7 Å². The molecule has 0 aromatic rings. The molecule has 0 aliphatic carbocycles. The molecule has 22 heavy (non-hydrogen) atoms. The van der Waals surface area contributed by atoms with Gasteiger partial charge in [-0.15, -0.1) is 0 Å². The van der Waals surface area contributed by atoms with Crippen LogP contribution in [-0.2, 0) is 14.3 Å². The Morgan fingerprint density at radius 3 is 2.23 bits per heavy atom. The Kier molecular flexibility index (Phi) is 7.82. The number of ether oxygens (including phenoxy) is 1. The van der Waals surface area contributed by atoms with E-state index in [0.717, 1.165) is 19.4 Å². The van der Waals surface area contributed by atoms with Crippen molar-refractivity contribution in [2.24, 2.45) is 5.92 Å². The lowest BCUT2D eigenvalue weighted by Crippen LogP contribution is -2.58. The quantitative estimate of drug-likeness (QED) is 0.623. The van der Waals surface area contributed by atoms with E-state index in [2.05, 4.69) is 11.8 Å². The number of carboxylic acids is 1. The maximum absolute atomic E-state index is 12.5. The molecule has 1 N–H and O–H groups in total. The van der Waals surface area contributed by atoms with Crippen LogP contribution in [0.2, 0.25) is 0 Å². The molecule has 0 aromatic heterocycles. The highest BCUT2D eigenvalue weighted by atomic mass is 16.5. The lowest BCUT2D eigenvalue weighted by molar-refractivity contribution is -0.157. The molecule has 6 heteroatoms. The fourth-order valence-corrected chi connectivity index (χ4v) is 2.74. The first kappa shape index (κ1) is 18.9. The summed E-state index contributed by atoms with van der Waals surface area (Å²) in [6.45, 7) is 10.3. The molecule has 0 radical (unpaired) electrons. The molecule has 1 saturated heterocycles. The van der Waals surface area contributed by atoms with E-state index < -0.39 is 12.0 Å². The van der Waals surface area contributed by atoms with Gasteiger partial charge in [-0.3, -0.25) is 9.69 Å². The van der Waals surface area contributed by atoms with Gasteiger partial charge < -0.3 is 14.7 Å². The Balaban J connectivity index is 2.91. The zero-order valence-corrected chi connectivity index (χ0v) is 14.2. The van der Waals surface area contributed by atoms with Crippen LogP contribution < -0.4 is 0 Å². The largest absolute Gasteiger partial charge is 0.480 e. The third kappa shape index (κ3) is 4.95. The van der Waals surface area contributed by atoms with Crippen molar-refractivity contribution in [3.63, 3.8) is 0 Å². The predicted molar refractivity (Wildman–Crippen MR) is 84.5 cm³/mol. The molecule has 1 amide bonds. The van der Waals surface area contributed by atoms with E-state index in [0.29, 0.717) is 32.3 Å². The van der Waals surface area contributed by atoms with Gasteiger partial charge in [-0.25, -0.2) is 4.79 Å². The maximum atomic E-state index is 12.5. The van der Waals surface area contributed by atoms with Gasteiger partial charge in [0.05, 0.1) is 25.9 Å². The van der Waals surface area contributed by atoms with Crippen LogP contribution in [0.15, 0.2) is 0 Å². The number of amides is 1. The summed E-state index contributed by atoms with van der Waals surface area (Å²) in [7, 11) is 0. The van der Waals surface area contributed by atoms with Crippen LogP contribution in [0.1, 0.15) is 47.0 Å². The Morgan fingerprint density at radius 2 is 1.86 bits per heavy atom. The topological polar surface area (TPSA) is 70.1 Å². The second-order valence-electron chi connectivity index (χ2n) is 6.29. The van der Waals surface area contributed by atoms with Gasteiger partial charge in [-0.2, -0.15) is 0 Å². The molecular formula is C16H30N2O4. The van der Waals surface area contributed by atoms with Gasteiger partial charge in [-0.1, -0.05) is 27.7 Å². The van der Waals surface area contributed by atoms with Gasteiger partial charge in [0.2, 0.25) is 5.91 Å². The Bertz CT molecular complexity index is 369. The minimum absolute atomic E-state index is 0.0788. The number of carboxylic acid groups (broad SMARTS) is 1. The van der Waals surface area contributed by atoms with Crippen molar-refractivity contribution in [3.8, 4) is 0 Å². The molecule has 0 saturated carbocycles. The molecule has 1 fully saturated rings. The zero-order chi connectivity index (χ0) is 16.7. The number of carbonyl (C=O) groups is 2. The van der Waals surface area contributed by atoms with E-state index in [1.807, 2.05) is 20.8 Å².